The second kappa shape index (κ2) is 6.47. The van der Waals surface area contributed by atoms with E-state index in [9.17, 15) is 0 Å². The van der Waals surface area contributed by atoms with Gasteiger partial charge in [0.05, 0.1) is 41.1 Å². The minimum atomic E-state index is -0.00180. The van der Waals surface area contributed by atoms with Crippen LogP contribution in [0.1, 0.15) is 21.6 Å². The third-order valence-electron chi connectivity index (χ3n) is 2.83. The van der Waals surface area contributed by atoms with Gasteiger partial charge in [0.15, 0.2) is 0 Å². The zero-order chi connectivity index (χ0) is 13.8. The Morgan fingerprint density at radius 1 is 1.53 bits per heavy atom. The number of methoxy groups -OCH3 is 1. The quantitative estimate of drug-likeness (QED) is 0.889. The molecule has 2 heterocycles. The van der Waals surface area contributed by atoms with E-state index in [0.29, 0.717) is 18.2 Å². The van der Waals surface area contributed by atoms with Gasteiger partial charge in [-0.2, -0.15) is 5.10 Å². The molecule has 2 rings (SSSR count). The van der Waals surface area contributed by atoms with Gasteiger partial charge < -0.3 is 10.1 Å². The van der Waals surface area contributed by atoms with E-state index >= 15 is 0 Å². The van der Waals surface area contributed by atoms with Crippen LogP contribution in [0, 0.1) is 6.92 Å². The molecule has 0 fully saturated rings. The molecule has 0 aliphatic heterocycles. The van der Waals surface area contributed by atoms with Crippen LogP contribution in [-0.4, -0.2) is 35.5 Å². The average molecular weight is 301 g/mol. The van der Waals surface area contributed by atoms with Crippen molar-refractivity contribution >= 4 is 22.9 Å². The lowest BCUT2D eigenvalue weighted by Gasteiger charge is -2.17. The molecular formula is C12H17ClN4OS. The molecule has 1 N–H and O–H groups in total. The summed E-state index contributed by atoms with van der Waals surface area (Å²) in [4.78, 5) is 5.42. The molecule has 0 aromatic carbocycles. The number of ether oxygens (including phenoxy) is 1. The Balaban J connectivity index is 2.34. The van der Waals surface area contributed by atoms with Gasteiger partial charge in [0, 0.05) is 18.2 Å². The van der Waals surface area contributed by atoms with Crippen molar-refractivity contribution < 1.29 is 4.74 Å². The van der Waals surface area contributed by atoms with E-state index in [0.717, 1.165) is 15.6 Å². The number of halogens is 1. The van der Waals surface area contributed by atoms with E-state index in [-0.39, 0.29) is 6.04 Å². The maximum absolute atomic E-state index is 6.27. The Kier molecular flexibility index (Phi) is 4.93. The summed E-state index contributed by atoms with van der Waals surface area (Å²) in [5, 5.41) is 9.27. The van der Waals surface area contributed by atoms with Gasteiger partial charge in [-0.05, 0) is 14.0 Å². The van der Waals surface area contributed by atoms with Crippen LogP contribution in [0.25, 0.3) is 0 Å². The standard InChI is InChI=1S/C12H17ClN4OS/c1-8-15-7-10(19-8)11(14-2)12-9(13)6-16-17(12)4-5-18-3/h6-7,11,14H,4-5H2,1-3H3. The number of aromatic nitrogens is 3. The number of rotatable bonds is 6. The zero-order valence-electron chi connectivity index (χ0n) is 11.2. The topological polar surface area (TPSA) is 52.0 Å². The molecule has 19 heavy (non-hydrogen) atoms. The fourth-order valence-corrected chi connectivity index (χ4v) is 3.09. The number of aryl methyl sites for hydroxylation is 1. The molecule has 2 aromatic heterocycles. The molecule has 104 valence electrons. The van der Waals surface area contributed by atoms with Crippen molar-refractivity contribution in [1.29, 1.82) is 0 Å². The largest absolute Gasteiger partial charge is 0.383 e. The summed E-state index contributed by atoms with van der Waals surface area (Å²) in [6.45, 7) is 3.27. The van der Waals surface area contributed by atoms with Crippen molar-refractivity contribution in [1.82, 2.24) is 20.1 Å². The number of thiazole rings is 1. The zero-order valence-corrected chi connectivity index (χ0v) is 12.8. The maximum atomic E-state index is 6.27. The fourth-order valence-electron chi connectivity index (χ4n) is 1.94. The van der Waals surface area contributed by atoms with Crippen LogP contribution in [0.2, 0.25) is 5.02 Å². The number of nitrogens with zero attached hydrogens (tertiary/aromatic N) is 3. The minimum absolute atomic E-state index is 0.00180. The fraction of sp³-hybridized carbons (Fsp3) is 0.500. The second-order valence-electron chi connectivity index (χ2n) is 4.10. The highest BCUT2D eigenvalue weighted by Gasteiger charge is 2.22. The summed E-state index contributed by atoms with van der Waals surface area (Å²) in [5.74, 6) is 0. The molecule has 0 aliphatic carbocycles. The van der Waals surface area contributed by atoms with Crippen LogP contribution in [0.3, 0.4) is 0 Å². The summed E-state index contributed by atoms with van der Waals surface area (Å²) < 4.78 is 6.98. The lowest BCUT2D eigenvalue weighted by molar-refractivity contribution is 0.182. The minimum Gasteiger partial charge on any atom is -0.383 e. The molecular weight excluding hydrogens is 284 g/mol. The van der Waals surface area contributed by atoms with Crippen LogP contribution >= 0.6 is 22.9 Å². The van der Waals surface area contributed by atoms with Gasteiger partial charge in [-0.1, -0.05) is 11.6 Å². The predicted molar refractivity (Wildman–Crippen MR) is 76.9 cm³/mol. The van der Waals surface area contributed by atoms with Gasteiger partial charge >= 0.3 is 0 Å². The Hall–Kier alpha value is -0.950. The van der Waals surface area contributed by atoms with E-state index in [1.807, 2.05) is 24.9 Å². The monoisotopic (exact) mass is 300 g/mol. The lowest BCUT2D eigenvalue weighted by atomic mass is 10.2. The summed E-state index contributed by atoms with van der Waals surface area (Å²) in [6.07, 6.45) is 3.55. The van der Waals surface area contributed by atoms with Gasteiger partial charge in [0.2, 0.25) is 0 Å². The van der Waals surface area contributed by atoms with Gasteiger partial charge in [0.1, 0.15) is 0 Å². The van der Waals surface area contributed by atoms with Crippen LogP contribution in [0.4, 0.5) is 0 Å². The Labute approximate surface area is 121 Å². The highest BCUT2D eigenvalue weighted by Crippen LogP contribution is 2.31. The van der Waals surface area contributed by atoms with Crippen molar-refractivity contribution in [2.75, 3.05) is 20.8 Å². The molecule has 0 spiro atoms. The van der Waals surface area contributed by atoms with Crippen molar-refractivity contribution in [2.45, 2.75) is 19.5 Å². The van der Waals surface area contributed by atoms with Crippen molar-refractivity contribution in [3.63, 3.8) is 0 Å². The first-order valence-electron chi connectivity index (χ1n) is 5.97. The van der Waals surface area contributed by atoms with Crippen LogP contribution in [-0.2, 0) is 11.3 Å². The normalized spacial score (nSPS) is 12.8. The summed E-state index contributed by atoms with van der Waals surface area (Å²) in [5.41, 5.74) is 0.949. The molecule has 0 saturated carbocycles. The highest BCUT2D eigenvalue weighted by atomic mass is 35.5. The van der Waals surface area contributed by atoms with E-state index in [4.69, 9.17) is 16.3 Å². The molecule has 7 heteroatoms. The van der Waals surface area contributed by atoms with E-state index in [2.05, 4.69) is 15.4 Å². The summed E-state index contributed by atoms with van der Waals surface area (Å²) in [7, 11) is 3.58. The van der Waals surface area contributed by atoms with Crippen LogP contribution in [0.15, 0.2) is 12.4 Å². The van der Waals surface area contributed by atoms with Gasteiger partial charge in [-0.15, -0.1) is 11.3 Å². The smallest absolute Gasteiger partial charge is 0.0897 e. The maximum Gasteiger partial charge on any atom is 0.0897 e. The molecule has 0 amide bonds. The highest BCUT2D eigenvalue weighted by molar-refractivity contribution is 7.11. The average Bonchev–Trinajstić information content (AvgIpc) is 2.97. The lowest BCUT2D eigenvalue weighted by Crippen LogP contribution is -2.22. The molecule has 5 nitrogen and oxygen atoms in total. The van der Waals surface area contributed by atoms with Crippen LogP contribution in [0.5, 0.6) is 0 Å². The van der Waals surface area contributed by atoms with E-state index in [1.54, 1.807) is 24.6 Å². The number of hydrogen-bond acceptors (Lipinski definition) is 5. The second-order valence-corrected chi connectivity index (χ2v) is 5.77. The molecule has 0 saturated heterocycles. The molecule has 1 atom stereocenters. The van der Waals surface area contributed by atoms with Gasteiger partial charge in [-0.3, -0.25) is 4.68 Å². The predicted octanol–water partition coefficient (Wildman–Crippen LogP) is 2.26. The first-order valence-corrected chi connectivity index (χ1v) is 7.16. The van der Waals surface area contributed by atoms with Crippen molar-refractivity contribution in [3.05, 3.63) is 33.0 Å². The Morgan fingerprint density at radius 3 is 2.89 bits per heavy atom. The molecule has 1 unspecified atom stereocenters. The third kappa shape index (κ3) is 3.14. The number of hydrogen-bond donors (Lipinski definition) is 1. The Morgan fingerprint density at radius 2 is 2.32 bits per heavy atom. The summed E-state index contributed by atoms with van der Waals surface area (Å²) >= 11 is 7.93. The Bertz CT molecular complexity index is 540. The van der Waals surface area contributed by atoms with Gasteiger partial charge in [-0.25, -0.2) is 4.98 Å². The molecule has 2 aromatic rings. The first kappa shape index (κ1) is 14.5. The molecule has 0 bridgehead atoms. The van der Waals surface area contributed by atoms with Crippen molar-refractivity contribution in [3.8, 4) is 0 Å². The third-order valence-corrected chi connectivity index (χ3v) is 4.10. The molecule has 0 aliphatic rings. The van der Waals surface area contributed by atoms with Crippen molar-refractivity contribution in [2.24, 2.45) is 0 Å². The molecule has 0 radical (unpaired) electrons. The van der Waals surface area contributed by atoms with E-state index in [1.165, 1.54) is 0 Å². The van der Waals surface area contributed by atoms with Crippen LogP contribution < -0.4 is 5.32 Å². The van der Waals surface area contributed by atoms with E-state index < -0.39 is 0 Å². The first-order chi connectivity index (χ1) is 9.17. The summed E-state index contributed by atoms with van der Waals surface area (Å²) in [6, 6.07) is -0.00180. The van der Waals surface area contributed by atoms with Gasteiger partial charge in [0.25, 0.3) is 0 Å². The number of nitrogens with one attached hydrogen (secondary N) is 1. The SMILES string of the molecule is CNC(c1cnc(C)s1)c1c(Cl)cnn1CCOC.